The SMILES string of the molecule is OC1(c2ccc(-c3nc(-c4ccc(C(F)(F)F)cc4)no3)cc2)COC1. The lowest BCUT2D eigenvalue weighted by atomic mass is 9.91. The smallest absolute Gasteiger partial charge is 0.380 e. The van der Waals surface area contributed by atoms with Crippen LogP contribution < -0.4 is 0 Å². The summed E-state index contributed by atoms with van der Waals surface area (Å²) in [5.74, 6) is 0.437. The van der Waals surface area contributed by atoms with Crippen molar-refractivity contribution in [1.82, 2.24) is 10.1 Å². The first-order chi connectivity index (χ1) is 12.4. The number of ether oxygens (including phenoxy) is 1. The Kier molecular flexibility index (Phi) is 3.82. The molecular weight excluding hydrogens is 349 g/mol. The topological polar surface area (TPSA) is 68.4 Å². The molecule has 0 atom stereocenters. The molecular formula is C18H13F3N2O3. The number of benzene rings is 2. The van der Waals surface area contributed by atoms with Crippen LogP contribution in [0.1, 0.15) is 11.1 Å². The summed E-state index contributed by atoms with van der Waals surface area (Å²) in [7, 11) is 0. The molecule has 2 aromatic carbocycles. The highest BCUT2D eigenvalue weighted by atomic mass is 19.4. The monoisotopic (exact) mass is 362 g/mol. The van der Waals surface area contributed by atoms with Gasteiger partial charge in [0, 0.05) is 11.1 Å². The minimum Gasteiger partial charge on any atom is -0.380 e. The minimum absolute atomic E-state index is 0.198. The molecule has 0 radical (unpaired) electrons. The largest absolute Gasteiger partial charge is 0.416 e. The zero-order valence-electron chi connectivity index (χ0n) is 13.3. The van der Waals surface area contributed by atoms with E-state index in [0.29, 0.717) is 11.1 Å². The molecule has 2 heterocycles. The molecule has 0 spiro atoms. The van der Waals surface area contributed by atoms with E-state index in [1.165, 1.54) is 12.1 Å². The number of alkyl halides is 3. The van der Waals surface area contributed by atoms with E-state index >= 15 is 0 Å². The summed E-state index contributed by atoms with van der Waals surface area (Å²) in [4.78, 5) is 4.22. The van der Waals surface area contributed by atoms with Crippen molar-refractivity contribution in [3.8, 4) is 22.8 Å². The van der Waals surface area contributed by atoms with Crippen molar-refractivity contribution >= 4 is 0 Å². The predicted octanol–water partition coefficient (Wildman–Crippen LogP) is 3.64. The quantitative estimate of drug-likeness (QED) is 0.770. The van der Waals surface area contributed by atoms with Crippen molar-refractivity contribution in [2.24, 2.45) is 0 Å². The van der Waals surface area contributed by atoms with Gasteiger partial charge in [0.2, 0.25) is 5.82 Å². The lowest BCUT2D eigenvalue weighted by Crippen LogP contribution is -2.46. The fraction of sp³-hybridized carbons (Fsp3) is 0.222. The van der Waals surface area contributed by atoms with E-state index in [1.807, 2.05) is 0 Å². The molecule has 8 heteroatoms. The van der Waals surface area contributed by atoms with Crippen molar-refractivity contribution in [2.45, 2.75) is 11.8 Å². The summed E-state index contributed by atoms with van der Waals surface area (Å²) in [5.41, 5.74) is 0.0981. The van der Waals surface area contributed by atoms with Crippen molar-refractivity contribution in [2.75, 3.05) is 13.2 Å². The van der Waals surface area contributed by atoms with E-state index in [2.05, 4.69) is 10.1 Å². The molecule has 0 amide bonds. The summed E-state index contributed by atoms with van der Waals surface area (Å²) in [5, 5.41) is 14.0. The van der Waals surface area contributed by atoms with Crippen LogP contribution >= 0.6 is 0 Å². The second kappa shape index (κ2) is 5.93. The number of halogens is 3. The molecule has 4 rings (SSSR count). The van der Waals surface area contributed by atoms with E-state index in [9.17, 15) is 18.3 Å². The van der Waals surface area contributed by atoms with E-state index in [4.69, 9.17) is 9.26 Å². The van der Waals surface area contributed by atoms with Crippen molar-refractivity contribution in [1.29, 1.82) is 0 Å². The van der Waals surface area contributed by atoms with E-state index < -0.39 is 17.3 Å². The maximum atomic E-state index is 12.6. The van der Waals surface area contributed by atoms with Crippen LogP contribution in [-0.4, -0.2) is 28.5 Å². The van der Waals surface area contributed by atoms with Crippen LogP contribution in [0.2, 0.25) is 0 Å². The van der Waals surface area contributed by atoms with Crippen molar-refractivity contribution < 1.29 is 27.5 Å². The third kappa shape index (κ3) is 2.97. The molecule has 134 valence electrons. The van der Waals surface area contributed by atoms with Crippen molar-refractivity contribution in [3.05, 3.63) is 59.7 Å². The number of rotatable bonds is 3. The van der Waals surface area contributed by atoms with Gasteiger partial charge < -0.3 is 14.4 Å². The van der Waals surface area contributed by atoms with E-state index in [1.54, 1.807) is 24.3 Å². The zero-order chi connectivity index (χ0) is 18.4. The molecule has 1 saturated heterocycles. The molecule has 5 nitrogen and oxygen atoms in total. The first kappa shape index (κ1) is 16.7. The van der Waals surface area contributed by atoms with Gasteiger partial charge in [-0.25, -0.2) is 0 Å². The minimum atomic E-state index is -4.39. The van der Waals surface area contributed by atoms with Gasteiger partial charge >= 0.3 is 6.18 Å². The molecule has 3 aromatic rings. The van der Waals surface area contributed by atoms with Crippen LogP contribution in [0.15, 0.2) is 53.1 Å². The van der Waals surface area contributed by atoms with Gasteiger partial charge in [0.25, 0.3) is 5.89 Å². The zero-order valence-corrected chi connectivity index (χ0v) is 13.3. The van der Waals surface area contributed by atoms with Gasteiger partial charge in [-0.05, 0) is 29.8 Å². The molecule has 1 aliphatic rings. The summed E-state index contributed by atoms with van der Waals surface area (Å²) < 4.78 is 48.1. The third-order valence-corrected chi connectivity index (χ3v) is 4.25. The molecule has 26 heavy (non-hydrogen) atoms. The molecule has 0 bridgehead atoms. The molecule has 1 N–H and O–H groups in total. The van der Waals surface area contributed by atoms with Gasteiger partial charge in [-0.1, -0.05) is 29.4 Å². The Bertz CT molecular complexity index is 914. The highest BCUT2D eigenvalue weighted by Gasteiger charge is 2.37. The number of hydrogen-bond donors (Lipinski definition) is 1. The summed E-state index contributed by atoms with van der Waals surface area (Å²) in [6.45, 7) is 0.510. The van der Waals surface area contributed by atoms with E-state index in [0.717, 1.165) is 17.7 Å². The Balaban J connectivity index is 1.56. The van der Waals surface area contributed by atoms with Crippen LogP contribution in [0.25, 0.3) is 22.8 Å². The van der Waals surface area contributed by atoms with Gasteiger partial charge in [-0.2, -0.15) is 18.2 Å². The molecule has 0 aliphatic carbocycles. The Morgan fingerprint density at radius 3 is 2.08 bits per heavy atom. The van der Waals surface area contributed by atoms with Crippen LogP contribution in [-0.2, 0) is 16.5 Å². The maximum Gasteiger partial charge on any atom is 0.416 e. The number of hydrogen-bond acceptors (Lipinski definition) is 5. The first-order valence-corrected chi connectivity index (χ1v) is 7.78. The molecule has 1 aromatic heterocycles. The Morgan fingerprint density at radius 2 is 1.54 bits per heavy atom. The van der Waals surface area contributed by atoms with Gasteiger partial charge in [0.05, 0.1) is 18.8 Å². The number of aromatic nitrogens is 2. The average Bonchev–Trinajstić information content (AvgIpc) is 3.09. The Labute approximate surface area is 146 Å². The van der Waals surface area contributed by atoms with Gasteiger partial charge in [0.15, 0.2) is 0 Å². The van der Waals surface area contributed by atoms with Crippen LogP contribution in [0.3, 0.4) is 0 Å². The molecule has 1 aliphatic heterocycles. The summed E-state index contributed by atoms with van der Waals surface area (Å²) >= 11 is 0. The van der Waals surface area contributed by atoms with Crippen LogP contribution in [0, 0.1) is 0 Å². The normalized spacial score (nSPS) is 16.3. The highest BCUT2D eigenvalue weighted by Crippen LogP contribution is 2.32. The average molecular weight is 362 g/mol. The fourth-order valence-electron chi connectivity index (χ4n) is 2.65. The van der Waals surface area contributed by atoms with Gasteiger partial charge in [-0.15, -0.1) is 0 Å². The first-order valence-electron chi connectivity index (χ1n) is 7.78. The van der Waals surface area contributed by atoms with E-state index in [-0.39, 0.29) is 24.9 Å². The van der Waals surface area contributed by atoms with Gasteiger partial charge in [0.1, 0.15) is 5.60 Å². The fourth-order valence-corrected chi connectivity index (χ4v) is 2.65. The maximum absolute atomic E-state index is 12.6. The number of nitrogens with zero attached hydrogens (tertiary/aromatic N) is 2. The summed E-state index contributed by atoms with van der Waals surface area (Å²) in [6, 6.07) is 11.5. The second-order valence-electron chi connectivity index (χ2n) is 6.10. The molecule has 0 unspecified atom stereocenters. The standard InChI is InChI=1S/C18H13F3N2O3/c19-18(20,21)14-7-1-11(2-8-14)15-22-16(26-23-15)12-3-5-13(6-4-12)17(24)9-25-10-17/h1-8,24H,9-10H2. The molecule has 1 fully saturated rings. The Morgan fingerprint density at radius 1 is 0.923 bits per heavy atom. The second-order valence-corrected chi connectivity index (χ2v) is 6.10. The summed E-state index contributed by atoms with van der Waals surface area (Å²) in [6.07, 6.45) is -4.39. The lowest BCUT2D eigenvalue weighted by molar-refractivity contribution is -0.184. The Hall–Kier alpha value is -2.71. The predicted molar refractivity (Wildman–Crippen MR) is 84.9 cm³/mol. The lowest BCUT2D eigenvalue weighted by Gasteiger charge is -2.36. The highest BCUT2D eigenvalue weighted by molar-refractivity contribution is 5.60. The van der Waals surface area contributed by atoms with Gasteiger partial charge in [-0.3, -0.25) is 0 Å². The van der Waals surface area contributed by atoms with Crippen LogP contribution in [0.4, 0.5) is 13.2 Å². The van der Waals surface area contributed by atoms with Crippen molar-refractivity contribution in [3.63, 3.8) is 0 Å². The van der Waals surface area contributed by atoms with Crippen LogP contribution in [0.5, 0.6) is 0 Å². The molecule has 0 saturated carbocycles. The third-order valence-electron chi connectivity index (χ3n) is 4.25. The number of aliphatic hydroxyl groups is 1.